The molecule has 1 aromatic rings. The topological polar surface area (TPSA) is 107 Å². The van der Waals surface area contributed by atoms with Crippen LogP contribution in [0.25, 0.3) is 0 Å². The third-order valence-electron chi connectivity index (χ3n) is 2.23. The van der Waals surface area contributed by atoms with Gasteiger partial charge in [0.25, 0.3) is 0 Å². The molecule has 2 N–H and O–H groups in total. The molecule has 8 heteroatoms. The van der Waals surface area contributed by atoms with Gasteiger partial charge in [0.15, 0.2) is 0 Å². The number of rotatable bonds is 6. The summed E-state index contributed by atoms with van der Waals surface area (Å²) in [4.78, 5) is 10.2. The lowest BCUT2D eigenvalue weighted by atomic mass is 10.2. The van der Waals surface area contributed by atoms with Crippen LogP contribution in [0.5, 0.6) is 0 Å². The largest absolute Gasteiger partial charge is 0.481 e. The molecular weight excluding hydrogens is 292 g/mol. The summed E-state index contributed by atoms with van der Waals surface area (Å²) in [7, 11) is -3.76. The van der Waals surface area contributed by atoms with E-state index in [1.54, 1.807) is 6.07 Å². The van der Waals surface area contributed by atoms with Crippen LogP contribution >= 0.6 is 11.6 Å². The van der Waals surface area contributed by atoms with Gasteiger partial charge in [-0.1, -0.05) is 11.6 Å². The maximum atomic E-state index is 11.8. The summed E-state index contributed by atoms with van der Waals surface area (Å²) in [5.74, 6) is -0.988. The van der Waals surface area contributed by atoms with Gasteiger partial charge in [0, 0.05) is 13.0 Å². The molecule has 0 atom stereocenters. The quantitative estimate of drug-likeness (QED) is 0.771. The van der Waals surface area contributed by atoms with E-state index in [0.717, 1.165) is 0 Å². The van der Waals surface area contributed by atoms with Crippen molar-refractivity contribution in [3.05, 3.63) is 28.8 Å². The fourth-order valence-corrected chi connectivity index (χ4v) is 2.55. The number of carbonyl (C=O) groups is 1. The van der Waals surface area contributed by atoms with Gasteiger partial charge >= 0.3 is 5.97 Å². The maximum Gasteiger partial charge on any atom is 0.303 e. The van der Waals surface area contributed by atoms with E-state index in [9.17, 15) is 13.2 Å². The molecule has 0 saturated carbocycles. The zero-order chi connectivity index (χ0) is 14.5. The van der Waals surface area contributed by atoms with Gasteiger partial charge < -0.3 is 5.11 Å². The van der Waals surface area contributed by atoms with Gasteiger partial charge in [-0.15, -0.1) is 0 Å². The first-order chi connectivity index (χ1) is 8.86. The zero-order valence-corrected chi connectivity index (χ0v) is 11.3. The average Bonchev–Trinajstić information content (AvgIpc) is 2.35. The number of carboxylic acid groups (broad SMARTS) is 1. The van der Waals surface area contributed by atoms with Crippen LogP contribution in [0.4, 0.5) is 0 Å². The van der Waals surface area contributed by atoms with E-state index in [2.05, 4.69) is 4.72 Å². The van der Waals surface area contributed by atoms with Gasteiger partial charge in [0.1, 0.15) is 6.07 Å². The Morgan fingerprint density at radius 2 is 2.16 bits per heavy atom. The van der Waals surface area contributed by atoms with Gasteiger partial charge in [-0.25, -0.2) is 13.1 Å². The predicted molar refractivity (Wildman–Crippen MR) is 68.2 cm³/mol. The van der Waals surface area contributed by atoms with Crippen molar-refractivity contribution >= 4 is 27.6 Å². The summed E-state index contributed by atoms with van der Waals surface area (Å²) in [6.45, 7) is 0.0130. The third kappa shape index (κ3) is 4.52. The number of halogens is 1. The van der Waals surface area contributed by atoms with Gasteiger partial charge in [0.2, 0.25) is 10.0 Å². The molecule has 0 fully saturated rings. The molecule has 1 rings (SSSR count). The highest BCUT2D eigenvalue weighted by molar-refractivity contribution is 7.89. The number of carboxylic acids is 1. The second kappa shape index (κ2) is 6.52. The first-order valence-corrected chi connectivity index (χ1v) is 7.14. The lowest BCUT2D eigenvalue weighted by Crippen LogP contribution is -2.25. The van der Waals surface area contributed by atoms with Crippen LogP contribution in [-0.2, 0) is 14.8 Å². The summed E-state index contributed by atoms with van der Waals surface area (Å²) in [5.41, 5.74) is 0.0649. The normalized spacial score (nSPS) is 10.9. The zero-order valence-electron chi connectivity index (χ0n) is 9.76. The molecule has 0 aliphatic carbocycles. The second-order valence-electron chi connectivity index (χ2n) is 3.65. The summed E-state index contributed by atoms with van der Waals surface area (Å²) < 4.78 is 25.9. The molecule has 0 amide bonds. The second-order valence-corrected chi connectivity index (χ2v) is 5.82. The van der Waals surface area contributed by atoms with E-state index in [1.165, 1.54) is 18.2 Å². The van der Waals surface area contributed by atoms with Crippen LogP contribution in [0.1, 0.15) is 18.4 Å². The number of sulfonamides is 1. The van der Waals surface area contributed by atoms with Crippen LogP contribution in [0, 0.1) is 11.3 Å². The molecule has 0 aliphatic rings. The number of benzene rings is 1. The van der Waals surface area contributed by atoms with E-state index < -0.39 is 16.0 Å². The van der Waals surface area contributed by atoms with Crippen molar-refractivity contribution in [2.45, 2.75) is 17.7 Å². The van der Waals surface area contributed by atoms with Crippen molar-refractivity contribution < 1.29 is 18.3 Å². The molecule has 0 spiro atoms. The standard InChI is InChI=1S/C11H11ClN2O4S/c12-10-4-3-9(6-8(10)7-13)19(17,18)14-5-1-2-11(15)16/h3-4,6,14H,1-2,5H2,(H,15,16). The summed E-state index contributed by atoms with van der Waals surface area (Å²) in [6.07, 6.45) is 0.0693. The minimum Gasteiger partial charge on any atom is -0.481 e. The minimum atomic E-state index is -3.76. The summed E-state index contributed by atoms with van der Waals surface area (Å²) >= 11 is 5.71. The SMILES string of the molecule is N#Cc1cc(S(=O)(=O)NCCCC(=O)O)ccc1Cl. The molecule has 19 heavy (non-hydrogen) atoms. The molecule has 0 saturated heterocycles. The fraction of sp³-hybridized carbons (Fsp3) is 0.273. The molecule has 0 heterocycles. The highest BCUT2D eigenvalue weighted by Gasteiger charge is 2.15. The molecular formula is C11H11ClN2O4S. The monoisotopic (exact) mass is 302 g/mol. The maximum absolute atomic E-state index is 11.8. The number of nitrogens with one attached hydrogen (secondary N) is 1. The van der Waals surface area contributed by atoms with Crippen molar-refractivity contribution in [2.24, 2.45) is 0 Å². The van der Waals surface area contributed by atoms with Crippen molar-refractivity contribution in [1.29, 1.82) is 5.26 Å². The first-order valence-electron chi connectivity index (χ1n) is 5.28. The Balaban J connectivity index is 2.78. The van der Waals surface area contributed by atoms with Crippen molar-refractivity contribution in [3.63, 3.8) is 0 Å². The molecule has 0 unspecified atom stereocenters. The predicted octanol–water partition coefficient (Wildman–Crippen LogP) is 1.35. The van der Waals surface area contributed by atoms with Crippen LogP contribution in [0.15, 0.2) is 23.1 Å². The Bertz CT molecular complexity index is 622. The molecule has 102 valence electrons. The molecule has 0 radical (unpaired) electrons. The Labute approximate surface area is 115 Å². The van der Waals surface area contributed by atoms with Gasteiger partial charge in [-0.05, 0) is 24.6 Å². The van der Waals surface area contributed by atoms with E-state index >= 15 is 0 Å². The van der Waals surface area contributed by atoms with E-state index in [0.29, 0.717) is 0 Å². The van der Waals surface area contributed by atoms with Crippen LogP contribution < -0.4 is 4.72 Å². The Morgan fingerprint density at radius 1 is 1.47 bits per heavy atom. The van der Waals surface area contributed by atoms with Gasteiger partial charge in [0.05, 0.1) is 15.5 Å². The van der Waals surface area contributed by atoms with Crippen molar-refractivity contribution in [1.82, 2.24) is 4.72 Å². The molecule has 6 nitrogen and oxygen atoms in total. The molecule has 0 aliphatic heterocycles. The molecule has 0 bridgehead atoms. The fourth-order valence-electron chi connectivity index (χ4n) is 1.29. The van der Waals surface area contributed by atoms with Gasteiger partial charge in [-0.3, -0.25) is 4.79 Å². The van der Waals surface area contributed by atoms with E-state index in [-0.39, 0.29) is 34.9 Å². The lowest BCUT2D eigenvalue weighted by Gasteiger charge is -2.06. The van der Waals surface area contributed by atoms with Crippen LogP contribution in [0.2, 0.25) is 5.02 Å². The summed E-state index contributed by atoms with van der Waals surface area (Å²) in [5, 5.41) is 17.4. The lowest BCUT2D eigenvalue weighted by molar-refractivity contribution is -0.137. The smallest absolute Gasteiger partial charge is 0.303 e. The first kappa shape index (κ1) is 15.4. The van der Waals surface area contributed by atoms with Crippen LogP contribution in [-0.4, -0.2) is 26.0 Å². The minimum absolute atomic E-state index is 0.0130. The van der Waals surface area contributed by atoms with Gasteiger partial charge in [-0.2, -0.15) is 5.26 Å². The number of hydrogen-bond donors (Lipinski definition) is 2. The van der Waals surface area contributed by atoms with E-state index in [4.69, 9.17) is 22.0 Å². The summed E-state index contributed by atoms with van der Waals surface area (Å²) in [6, 6.07) is 5.56. The Kier molecular flexibility index (Phi) is 5.30. The Morgan fingerprint density at radius 3 is 2.74 bits per heavy atom. The number of hydrogen-bond acceptors (Lipinski definition) is 4. The highest BCUT2D eigenvalue weighted by Crippen LogP contribution is 2.19. The van der Waals surface area contributed by atoms with Crippen LogP contribution in [0.3, 0.4) is 0 Å². The number of aliphatic carboxylic acids is 1. The molecule has 0 aromatic heterocycles. The third-order valence-corrected chi connectivity index (χ3v) is 4.02. The molecule has 1 aromatic carbocycles. The number of nitrogens with zero attached hydrogens (tertiary/aromatic N) is 1. The van der Waals surface area contributed by atoms with Crippen molar-refractivity contribution in [3.8, 4) is 6.07 Å². The van der Waals surface area contributed by atoms with Crippen molar-refractivity contribution in [2.75, 3.05) is 6.54 Å². The highest BCUT2D eigenvalue weighted by atomic mass is 35.5. The number of nitriles is 1. The van der Waals surface area contributed by atoms with E-state index in [1.807, 2.05) is 0 Å². The average molecular weight is 303 g/mol. The Hall–Kier alpha value is -1.62.